The summed E-state index contributed by atoms with van der Waals surface area (Å²) in [5.74, 6) is 3.44. The van der Waals surface area contributed by atoms with Crippen molar-refractivity contribution in [1.82, 2.24) is 15.0 Å². The number of terminal acetylenes is 1. The molecule has 6 nitrogen and oxygen atoms in total. The van der Waals surface area contributed by atoms with Gasteiger partial charge in [0, 0.05) is 55.5 Å². The van der Waals surface area contributed by atoms with Crippen LogP contribution in [0.2, 0.25) is 0 Å². The maximum atomic E-state index is 6.00. The fourth-order valence-electron chi connectivity index (χ4n) is 12.5. The number of nitrogens with zero attached hydrogens (tertiary/aromatic N) is 3. The molecule has 8 bridgehead atoms. The lowest BCUT2D eigenvalue weighted by atomic mass is 9.78. The Hall–Kier alpha value is -8.27. The van der Waals surface area contributed by atoms with E-state index in [4.69, 9.17) is 21.4 Å². The topological polar surface area (TPSA) is 84.5 Å². The smallest absolute Gasteiger partial charge is 0.160 e. The van der Waals surface area contributed by atoms with Gasteiger partial charge < -0.3 is 15.0 Å². The Morgan fingerprint density at radius 1 is 0.330 bits per heavy atom. The molecular weight excluding hydrogens is 1100 g/mol. The number of nitrogens with one attached hydrogen (secondary N) is 3. The van der Waals surface area contributed by atoms with Crippen LogP contribution in [0.15, 0.2) is 154 Å². The molecule has 3 aromatic heterocycles. The van der Waals surface area contributed by atoms with E-state index < -0.39 is 0 Å². The van der Waals surface area contributed by atoms with Gasteiger partial charge in [-0.1, -0.05) is 245 Å². The summed E-state index contributed by atoms with van der Waals surface area (Å²) in [6, 6.07) is 46.1. The fourth-order valence-corrected chi connectivity index (χ4v) is 12.5. The van der Waals surface area contributed by atoms with Gasteiger partial charge in [-0.15, -0.1) is 6.42 Å². The SMILES string of the molecule is C#Cc1ccc(C2=Nc3c4[nH]c(c3=N2)=C(c2cc(C(C)(C)C)cc(C(C)(C)C)c2)c2ccc([nH]2)C(c2cc(C(C)(C)C)cc(C(C)(C)C)c2)=c2ccc([nH]2)=C(c2cc(C(C)(C)C)cc(C(C)(C)C)c2)C2=NC(=C4c3cc(C(C)(C)C)cc(C(C)(C)C)c3)C=C2)cc1. The Balaban J connectivity index is 1.41. The molecule has 91 heavy (non-hydrogen) atoms. The lowest BCUT2D eigenvalue weighted by molar-refractivity contribution is 0.567. The van der Waals surface area contributed by atoms with Crippen LogP contribution in [-0.4, -0.2) is 26.5 Å². The van der Waals surface area contributed by atoms with Crippen molar-refractivity contribution in [3.8, 4) is 12.3 Å². The second-order valence-electron chi connectivity index (χ2n) is 34.3. The van der Waals surface area contributed by atoms with Gasteiger partial charge in [0.05, 0.1) is 22.5 Å². The van der Waals surface area contributed by atoms with E-state index in [1.807, 2.05) is 24.3 Å². The largest absolute Gasteiger partial charge is 0.354 e. The highest BCUT2D eigenvalue weighted by Crippen LogP contribution is 2.43. The van der Waals surface area contributed by atoms with Crippen molar-refractivity contribution in [2.45, 2.75) is 209 Å². The van der Waals surface area contributed by atoms with Crippen LogP contribution in [0.5, 0.6) is 0 Å². The van der Waals surface area contributed by atoms with E-state index in [9.17, 15) is 0 Å². The third-order valence-corrected chi connectivity index (χ3v) is 18.6. The van der Waals surface area contributed by atoms with E-state index in [1.54, 1.807) is 0 Å². The van der Waals surface area contributed by atoms with Crippen LogP contribution in [0.25, 0.3) is 22.3 Å². The van der Waals surface area contributed by atoms with Crippen molar-refractivity contribution >= 4 is 39.5 Å². The molecule has 3 aliphatic rings. The average Bonchev–Trinajstić information content (AvgIpc) is 1.59. The molecular formula is C85H98N6. The second kappa shape index (κ2) is 22.0. The number of hydrogen-bond donors (Lipinski definition) is 3. The van der Waals surface area contributed by atoms with Crippen LogP contribution in [0.1, 0.15) is 261 Å². The maximum absolute atomic E-state index is 6.00. The lowest BCUT2D eigenvalue weighted by Crippen LogP contribution is -2.27. The number of hydrogen-bond acceptors (Lipinski definition) is 3. The summed E-state index contributed by atoms with van der Waals surface area (Å²) in [5.41, 5.74) is 24.1. The molecule has 0 atom stereocenters. The van der Waals surface area contributed by atoms with Crippen molar-refractivity contribution in [3.63, 3.8) is 0 Å². The molecule has 11 rings (SSSR count). The van der Waals surface area contributed by atoms with Crippen molar-refractivity contribution in [2.24, 2.45) is 15.0 Å². The van der Waals surface area contributed by atoms with Gasteiger partial charge >= 0.3 is 0 Å². The molecule has 0 radical (unpaired) electrons. The molecule has 8 aromatic rings. The summed E-state index contributed by atoms with van der Waals surface area (Å²) in [7, 11) is 0. The summed E-state index contributed by atoms with van der Waals surface area (Å²) < 4.78 is 0. The van der Waals surface area contributed by atoms with Crippen molar-refractivity contribution in [1.29, 1.82) is 0 Å². The van der Waals surface area contributed by atoms with Gasteiger partial charge in [0.1, 0.15) is 11.0 Å². The van der Waals surface area contributed by atoms with Crippen LogP contribution in [0.4, 0.5) is 5.69 Å². The molecule has 0 spiro atoms. The van der Waals surface area contributed by atoms with E-state index in [2.05, 4.69) is 296 Å². The monoisotopic (exact) mass is 1200 g/mol. The summed E-state index contributed by atoms with van der Waals surface area (Å²) in [5, 5.41) is 3.59. The Labute approximate surface area is 543 Å². The molecule has 0 saturated heterocycles. The quantitative estimate of drug-likeness (QED) is 0.144. The number of fused-ring (bicyclic) bond motifs is 10. The van der Waals surface area contributed by atoms with E-state index in [0.29, 0.717) is 5.84 Å². The van der Waals surface area contributed by atoms with E-state index >= 15 is 0 Å². The van der Waals surface area contributed by atoms with Crippen molar-refractivity contribution in [3.05, 3.63) is 256 Å². The highest BCUT2D eigenvalue weighted by atomic mass is 15.0. The van der Waals surface area contributed by atoms with Gasteiger partial charge in [-0.25, -0.2) is 15.0 Å². The minimum atomic E-state index is -0.185. The lowest BCUT2D eigenvalue weighted by Gasteiger charge is -2.27. The summed E-state index contributed by atoms with van der Waals surface area (Å²) >= 11 is 0. The Bertz CT molecular complexity index is 4600. The van der Waals surface area contributed by atoms with Crippen LogP contribution >= 0.6 is 0 Å². The zero-order valence-corrected chi connectivity index (χ0v) is 59.1. The molecule has 0 unspecified atom stereocenters. The van der Waals surface area contributed by atoms with Gasteiger partial charge in [-0.05, 0) is 171 Å². The molecule has 6 heterocycles. The molecule has 0 fully saturated rings. The molecule has 0 aliphatic carbocycles. The zero-order chi connectivity index (χ0) is 66.2. The molecule has 0 amide bonds. The minimum absolute atomic E-state index is 0.136. The molecule has 468 valence electrons. The molecule has 3 N–H and O–H groups in total. The van der Waals surface area contributed by atoms with Gasteiger partial charge in [0.25, 0.3) is 0 Å². The molecule has 3 aliphatic heterocycles. The summed E-state index contributed by atoms with van der Waals surface area (Å²) in [4.78, 5) is 30.0. The first-order valence-electron chi connectivity index (χ1n) is 32.9. The van der Waals surface area contributed by atoms with E-state index in [-0.39, 0.29) is 43.3 Å². The normalized spacial score (nSPS) is 15.1. The first-order chi connectivity index (χ1) is 42.0. The number of amidine groups is 1. The Morgan fingerprint density at radius 2 is 0.692 bits per heavy atom. The van der Waals surface area contributed by atoms with E-state index in [0.717, 1.165) is 111 Å². The highest BCUT2D eigenvalue weighted by Gasteiger charge is 2.33. The standard InChI is InChI=1S/C85H98N6/c1-26-49-27-29-50(30-28-49)77-90-75-73-71(53-41-59(82(14,15)16)47-60(42-53)83(17,18)19)67-35-33-65(87-67)69(51-37-55(78(2,3)4)45-56(38-51)79(5,6)7)63-31-32-64(86-63)70(52-39-57(80(8,9)10)46-58(40-52)81(11,12)13)66-34-36-68(88-66)72(74(89-73)76(75)91-77)54-43-61(84(20,21)22)48-62(44-54)85(23,24)25/h1,27-48,86-87,89H,2-25H3. The fraction of sp³-hybridized carbons (Fsp3) is 0.376. The predicted molar refractivity (Wildman–Crippen MR) is 387 cm³/mol. The first kappa shape index (κ1) is 64.3. The van der Waals surface area contributed by atoms with Crippen molar-refractivity contribution in [2.75, 3.05) is 0 Å². The number of aromatic nitrogens is 3. The number of benzene rings is 5. The third-order valence-electron chi connectivity index (χ3n) is 18.6. The average molecular weight is 1200 g/mol. The molecule has 6 heteroatoms. The Kier molecular flexibility index (Phi) is 15.5. The van der Waals surface area contributed by atoms with Crippen LogP contribution in [0.3, 0.4) is 0 Å². The zero-order valence-electron chi connectivity index (χ0n) is 59.1. The van der Waals surface area contributed by atoms with Crippen LogP contribution in [-0.2, 0) is 43.3 Å². The van der Waals surface area contributed by atoms with Crippen molar-refractivity contribution < 1.29 is 0 Å². The number of aromatic amines is 3. The van der Waals surface area contributed by atoms with Crippen LogP contribution in [0, 0.1) is 12.3 Å². The third kappa shape index (κ3) is 12.6. The second-order valence-corrected chi connectivity index (χ2v) is 34.3. The van der Waals surface area contributed by atoms with Gasteiger partial charge in [0.2, 0.25) is 0 Å². The molecule has 5 aromatic carbocycles. The number of H-pyrrole nitrogens is 3. The summed E-state index contributed by atoms with van der Waals surface area (Å²) in [6.45, 7) is 55.6. The minimum Gasteiger partial charge on any atom is -0.354 e. The number of allylic oxidation sites excluding steroid dienone is 2. The number of aliphatic imine (C=N–C) groups is 2. The Morgan fingerprint density at radius 3 is 1.09 bits per heavy atom. The summed E-state index contributed by atoms with van der Waals surface area (Å²) in [6.07, 6.45) is 10.5. The van der Waals surface area contributed by atoms with Crippen LogP contribution < -0.4 is 21.4 Å². The highest BCUT2D eigenvalue weighted by molar-refractivity contribution is 6.30. The molecule has 0 saturated carbocycles. The van der Waals surface area contributed by atoms with E-state index in [1.165, 1.54) is 44.5 Å². The van der Waals surface area contributed by atoms with Gasteiger partial charge in [-0.2, -0.15) is 0 Å². The number of rotatable bonds is 5. The first-order valence-corrected chi connectivity index (χ1v) is 32.9. The van der Waals surface area contributed by atoms with Gasteiger partial charge in [0.15, 0.2) is 5.84 Å². The van der Waals surface area contributed by atoms with Gasteiger partial charge in [-0.3, -0.25) is 0 Å². The predicted octanol–water partition coefficient (Wildman–Crippen LogP) is 18.2. The maximum Gasteiger partial charge on any atom is 0.160 e.